The molecule has 0 atom stereocenters. The third-order valence-electron chi connectivity index (χ3n) is 3.85. The Kier molecular flexibility index (Phi) is 4.93. The average molecular weight is 282 g/mol. The topological polar surface area (TPSA) is 55.1 Å². The van der Waals surface area contributed by atoms with Gasteiger partial charge in [-0.05, 0) is 25.0 Å². The summed E-state index contributed by atoms with van der Waals surface area (Å²) in [4.78, 5) is 12.2. The number of hydrogen-bond acceptors (Lipinski definition) is 2. The smallest absolute Gasteiger partial charge is 0.227 e. The molecule has 20 heavy (non-hydrogen) atoms. The van der Waals surface area contributed by atoms with Gasteiger partial charge in [0.15, 0.2) is 11.6 Å². The van der Waals surface area contributed by atoms with Gasteiger partial charge in [0.05, 0.1) is 5.69 Å². The van der Waals surface area contributed by atoms with Crippen LogP contribution in [0.4, 0.5) is 20.2 Å². The zero-order chi connectivity index (χ0) is 14.5. The molecule has 1 aliphatic rings. The number of nitrogen functional groups attached to an aromatic ring is 1. The Labute approximate surface area is 117 Å². The fourth-order valence-corrected chi connectivity index (χ4v) is 2.64. The van der Waals surface area contributed by atoms with Gasteiger partial charge in [-0.15, -0.1) is 0 Å². The maximum atomic E-state index is 13.7. The number of nitrogens with two attached hydrogens (primary N) is 1. The lowest BCUT2D eigenvalue weighted by molar-refractivity contribution is -0.120. The van der Waals surface area contributed by atoms with E-state index in [4.69, 9.17) is 5.73 Å². The van der Waals surface area contributed by atoms with Crippen molar-refractivity contribution in [2.45, 2.75) is 44.9 Å². The fraction of sp³-hybridized carbons (Fsp3) is 0.533. The molecule has 110 valence electrons. The van der Waals surface area contributed by atoms with E-state index in [9.17, 15) is 13.6 Å². The highest BCUT2D eigenvalue weighted by Crippen LogP contribution is 2.28. The summed E-state index contributed by atoms with van der Waals surface area (Å²) in [6.07, 6.45) is 7.05. The van der Waals surface area contributed by atoms with Crippen LogP contribution < -0.4 is 11.1 Å². The Bertz CT molecular complexity index is 483. The molecule has 0 saturated heterocycles. The number of hydrogen-bond donors (Lipinski definition) is 2. The van der Waals surface area contributed by atoms with Crippen LogP contribution in [0.2, 0.25) is 0 Å². The SMILES string of the molecule is Nc1ccc(F)c(F)c1NC(=O)C1CCCCCCC1. The fourth-order valence-electron chi connectivity index (χ4n) is 2.64. The Morgan fingerprint density at radius 1 is 1.10 bits per heavy atom. The van der Waals surface area contributed by atoms with Crippen molar-refractivity contribution >= 4 is 17.3 Å². The standard InChI is InChI=1S/C15H20F2N2O/c16-11-8-9-12(18)14(13(11)17)19-15(20)10-6-4-2-1-3-5-7-10/h8-10H,1-7,18H2,(H,19,20). The number of halogens is 2. The van der Waals surface area contributed by atoms with Crippen molar-refractivity contribution in [1.29, 1.82) is 0 Å². The van der Waals surface area contributed by atoms with E-state index in [2.05, 4.69) is 5.32 Å². The monoisotopic (exact) mass is 282 g/mol. The molecule has 1 saturated carbocycles. The summed E-state index contributed by atoms with van der Waals surface area (Å²) in [5.74, 6) is -2.50. The van der Waals surface area contributed by atoms with Gasteiger partial charge in [-0.1, -0.05) is 32.1 Å². The van der Waals surface area contributed by atoms with Gasteiger partial charge in [0, 0.05) is 5.92 Å². The van der Waals surface area contributed by atoms with Gasteiger partial charge in [-0.2, -0.15) is 0 Å². The summed E-state index contributed by atoms with van der Waals surface area (Å²) in [7, 11) is 0. The zero-order valence-electron chi connectivity index (χ0n) is 11.4. The molecule has 0 aromatic heterocycles. The van der Waals surface area contributed by atoms with Gasteiger partial charge in [-0.3, -0.25) is 4.79 Å². The molecule has 0 aliphatic heterocycles. The molecular formula is C15H20F2N2O. The molecule has 0 heterocycles. The van der Waals surface area contributed by atoms with Gasteiger partial charge in [0.1, 0.15) is 5.69 Å². The predicted molar refractivity (Wildman–Crippen MR) is 75.2 cm³/mol. The Morgan fingerprint density at radius 2 is 1.70 bits per heavy atom. The van der Waals surface area contributed by atoms with Gasteiger partial charge < -0.3 is 11.1 Å². The lowest BCUT2D eigenvalue weighted by atomic mass is 9.90. The minimum atomic E-state index is -1.09. The first-order valence-electron chi connectivity index (χ1n) is 7.14. The van der Waals surface area contributed by atoms with Crippen LogP contribution in [0.15, 0.2) is 12.1 Å². The summed E-state index contributed by atoms with van der Waals surface area (Å²) < 4.78 is 26.9. The quantitative estimate of drug-likeness (QED) is 0.810. The van der Waals surface area contributed by atoms with E-state index in [-0.39, 0.29) is 23.2 Å². The lowest BCUT2D eigenvalue weighted by Gasteiger charge is -2.20. The van der Waals surface area contributed by atoms with Crippen LogP contribution in [0, 0.1) is 17.6 Å². The molecule has 3 N–H and O–H groups in total. The average Bonchev–Trinajstić information content (AvgIpc) is 2.38. The van der Waals surface area contributed by atoms with Crippen LogP contribution >= 0.6 is 0 Å². The molecule has 5 heteroatoms. The number of rotatable bonds is 2. The van der Waals surface area contributed by atoms with E-state index in [1.807, 2.05) is 0 Å². The number of benzene rings is 1. The zero-order valence-corrected chi connectivity index (χ0v) is 11.4. The molecule has 1 aromatic rings. The van der Waals surface area contributed by atoms with E-state index in [1.54, 1.807) is 0 Å². The number of amides is 1. The number of nitrogens with one attached hydrogen (secondary N) is 1. The van der Waals surface area contributed by atoms with E-state index < -0.39 is 11.6 Å². The third kappa shape index (κ3) is 3.46. The molecule has 1 fully saturated rings. The van der Waals surface area contributed by atoms with Crippen molar-refractivity contribution in [3.05, 3.63) is 23.8 Å². The third-order valence-corrected chi connectivity index (χ3v) is 3.85. The maximum absolute atomic E-state index is 13.7. The Morgan fingerprint density at radius 3 is 2.35 bits per heavy atom. The summed E-state index contributed by atoms with van der Waals surface area (Å²) in [6, 6.07) is 2.21. The van der Waals surface area contributed by atoms with Crippen LogP contribution in [0.3, 0.4) is 0 Å². The molecule has 3 nitrogen and oxygen atoms in total. The highest BCUT2D eigenvalue weighted by Gasteiger charge is 2.22. The predicted octanol–water partition coefficient (Wildman–Crippen LogP) is 3.85. The molecule has 0 unspecified atom stereocenters. The summed E-state index contributed by atoms with van der Waals surface area (Å²) >= 11 is 0. The molecule has 2 rings (SSSR count). The van der Waals surface area contributed by atoms with Crippen LogP contribution in [-0.2, 0) is 4.79 Å². The Balaban J connectivity index is 2.08. The minimum Gasteiger partial charge on any atom is -0.397 e. The van der Waals surface area contributed by atoms with E-state index in [0.717, 1.165) is 44.6 Å². The summed E-state index contributed by atoms with van der Waals surface area (Å²) in [6.45, 7) is 0. The highest BCUT2D eigenvalue weighted by atomic mass is 19.2. The number of carbonyl (C=O) groups is 1. The first-order chi connectivity index (χ1) is 9.59. The number of anilines is 2. The first kappa shape index (κ1) is 14.8. The maximum Gasteiger partial charge on any atom is 0.227 e. The van der Waals surface area contributed by atoms with Crippen LogP contribution in [0.5, 0.6) is 0 Å². The highest BCUT2D eigenvalue weighted by molar-refractivity contribution is 5.95. The summed E-state index contributed by atoms with van der Waals surface area (Å²) in [5.41, 5.74) is 5.41. The van der Waals surface area contributed by atoms with Crippen molar-refractivity contribution in [3.63, 3.8) is 0 Å². The molecular weight excluding hydrogens is 262 g/mol. The van der Waals surface area contributed by atoms with Gasteiger partial charge in [-0.25, -0.2) is 8.78 Å². The van der Waals surface area contributed by atoms with Crippen molar-refractivity contribution in [3.8, 4) is 0 Å². The van der Waals surface area contributed by atoms with Crippen molar-refractivity contribution < 1.29 is 13.6 Å². The second-order valence-electron chi connectivity index (χ2n) is 5.36. The van der Waals surface area contributed by atoms with Crippen LogP contribution in [0.1, 0.15) is 44.9 Å². The molecule has 0 bridgehead atoms. The first-order valence-corrected chi connectivity index (χ1v) is 7.14. The van der Waals surface area contributed by atoms with E-state index >= 15 is 0 Å². The van der Waals surface area contributed by atoms with Crippen LogP contribution in [0.25, 0.3) is 0 Å². The summed E-state index contributed by atoms with van der Waals surface area (Å²) in [5, 5.41) is 2.46. The molecule has 1 aliphatic carbocycles. The van der Waals surface area contributed by atoms with Crippen molar-refractivity contribution in [2.75, 3.05) is 11.1 Å². The molecule has 1 aromatic carbocycles. The van der Waals surface area contributed by atoms with Crippen LogP contribution in [-0.4, -0.2) is 5.91 Å². The minimum absolute atomic E-state index is 0.0445. The normalized spacial score (nSPS) is 17.3. The second kappa shape index (κ2) is 6.68. The van der Waals surface area contributed by atoms with Gasteiger partial charge >= 0.3 is 0 Å². The van der Waals surface area contributed by atoms with Crippen molar-refractivity contribution in [2.24, 2.45) is 5.92 Å². The molecule has 0 spiro atoms. The second-order valence-corrected chi connectivity index (χ2v) is 5.36. The van der Waals surface area contributed by atoms with Gasteiger partial charge in [0.25, 0.3) is 0 Å². The Hall–Kier alpha value is -1.65. The largest absolute Gasteiger partial charge is 0.397 e. The number of carbonyl (C=O) groups excluding carboxylic acids is 1. The molecule has 1 amide bonds. The molecule has 0 radical (unpaired) electrons. The van der Waals surface area contributed by atoms with Crippen molar-refractivity contribution in [1.82, 2.24) is 0 Å². The lowest BCUT2D eigenvalue weighted by Crippen LogP contribution is -2.24. The van der Waals surface area contributed by atoms with E-state index in [1.165, 1.54) is 12.5 Å². The van der Waals surface area contributed by atoms with E-state index in [0.29, 0.717) is 0 Å². The van der Waals surface area contributed by atoms with Gasteiger partial charge in [0.2, 0.25) is 5.91 Å².